The molecule has 0 bridgehead atoms. The molecule has 1 fully saturated rings. The summed E-state index contributed by atoms with van der Waals surface area (Å²) in [6.45, 7) is 2.02. The van der Waals surface area contributed by atoms with Gasteiger partial charge in [-0.1, -0.05) is 29.8 Å². The summed E-state index contributed by atoms with van der Waals surface area (Å²) in [5.41, 5.74) is 1.96. The molecule has 1 aliphatic heterocycles. The zero-order chi connectivity index (χ0) is 27.3. The average molecular weight is 556 g/mol. The van der Waals surface area contributed by atoms with E-state index in [2.05, 4.69) is 0 Å². The Morgan fingerprint density at radius 1 is 0.947 bits per heavy atom. The van der Waals surface area contributed by atoms with E-state index in [0.29, 0.717) is 54.1 Å². The zero-order valence-corrected chi connectivity index (χ0v) is 23.1. The molecule has 38 heavy (non-hydrogen) atoms. The highest BCUT2D eigenvalue weighted by Gasteiger charge is 2.26. The lowest BCUT2D eigenvalue weighted by Gasteiger charge is -2.36. The molecule has 1 saturated heterocycles. The number of halogens is 1. The van der Waals surface area contributed by atoms with Crippen molar-refractivity contribution in [1.82, 2.24) is 4.90 Å². The van der Waals surface area contributed by atoms with Crippen molar-refractivity contribution in [1.29, 1.82) is 0 Å². The molecule has 0 atom stereocenters. The molecule has 1 aliphatic rings. The molecule has 0 unspecified atom stereocenters. The van der Waals surface area contributed by atoms with Crippen LogP contribution in [-0.2, 0) is 14.8 Å². The molecule has 0 spiro atoms. The predicted molar refractivity (Wildman–Crippen MR) is 151 cm³/mol. The van der Waals surface area contributed by atoms with E-state index in [-0.39, 0.29) is 10.8 Å². The van der Waals surface area contributed by atoms with E-state index in [9.17, 15) is 13.2 Å². The normalized spacial score (nSPS) is 14.0. The van der Waals surface area contributed by atoms with E-state index in [1.165, 1.54) is 23.5 Å². The lowest BCUT2D eigenvalue weighted by atomic mass is 10.2. The van der Waals surface area contributed by atoms with Crippen molar-refractivity contribution in [3.8, 4) is 11.5 Å². The van der Waals surface area contributed by atoms with Crippen molar-refractivity contribution in [3.05, 3.63) is 83.4 Å². The summed E-state index contributed by atoms with van der Waals surface area (Å²) in [5, 5.41) is 0.584. The molecule has 0 N–H and O–H groups in total. The monoisotopic (exact) mass is 555 g/mol. The number of sulfonamides is 1. The van der Waals surface area contributed by atoms with E-state index in [1.807, 2.05) is 23.1 Å². The van der Waals surface area contributed by atoms with Gasteiger partial charge < -0.3 is 19.3 Å². The van der Waals surface area contributed by atoms with Crippen molar-refractivity contribution in [2.45, 2.75) is 4.90 Å². The maximum absolute atomic E-state index is 13.4. The van der Waals surface area contributed by atoms with Gasteiger partial charge in [-0.15, -0.1) is 0 Å². The summed E-state index contributed by atoms with van der Waals surface area (Å²) < 4.78 is 38.8. The number of benzene rings is 3. The zero-order valence-electron chi connectivity index (χ0n) is 21.5. The fourth-order valence-corrected chi connectivity index (χ4v) is 5.63. The highest BCUT2D eigenvalue weighted by Crippen LogP contribution is 2.34. The molecular formula is C28H30ClN3O5S. The number of anilines is 2. The third-order valence-electron chi connectivity index (χ3n) is 6.49. The molecule has 200 valence electrons. The fraction of sp³-hybridized carbons (Fsp3) is 0.250. The molecule has 0 aliphatic carbocycles. The van der Waals surface area contributed by atoms with E-state index in [1.54, 1.807) is 67.7 Å². The fourth-order valence-electron chi connectivity index (χ4n) is 4.21. The summed E-state index contributed by atoms with van der Waals surface area (Å²) >= 11 is 6.17. The van der Waals surface area contributed by atoms with Crippen LogP contribution in [0.3, 0.4) is 0 Å². The van der Waals surface area contributed by atoms with Gasteiger partial charge in [0, 0.05) is 44.3 Å². The number of rotatable bonds is 8. The third kappa shape index (κ3) is 5.89. The van der Waals surface area contributed by atoms with Crippen LogP contribution in [0.25, 0.3) is 6.08 Å². The number of carbonyl (C=O) groups is 1. The van der Waals surface area contributed by atoms with Crippen LogP contribution in [0, 0.1) is 0 Å². The second-order valence-corrected chi connectivity index (χ2v) is 11.0. The van der Waals surface area contributed by atoms with E-state index >= 15 is 0 Å². The third-order valence-corrected chi connectivity index (χ3v) is 8.61. The van der Waals surface area contributed by atoms with Crippen molar-refractivity contribution >= 4 is 45.0 Å². The molecule has 8 nitrogen and oxygen atoms in total. The van der Waals surface area contributed by atoms with Crippen molar-refractivity contribution in [2.75, 3.05) is 56.7 Å². The van der Waals surface area contributed by atoms with Crippen molar-refractivity contribution in [2.24, 2.45) is 0 Å². The van der Waals surface area contributed by atoms with Crippen molar-refractivity contribution in [3.63, 3.8) is 0 Å². The molecule has 0 saturated carbocycles. The van der Waals surface area contributed by atoms with Gasteiger partial charge in [-0.05, 0) is 60.2 Å². The standard InChI is InChI=1S/C28H30ClN3O5S/c1-30(22-9-11-23(36-2)12-10-22)38(34,35)24-13-14-27(37-3)26(20-24)31-16-18-32(19-17-31)28(33)15-8-21-6-4-5-7-25(21)29/h4-15,20H,16-19H2,1-3H3/b15-8+. The quantitative estimate of drug-likeness (QED) is 0.380. The molecule has 1 heterocycles. The maximum Gasteiger partial charge on any atom is 0.264 e. The number of hydrogen-bond donors (Lipinski definition) is 0. The summed E-state index contributed by atoms with van der Waals surface area (Å²) in [7, 11) is 0.791. The first-order valence-electron chi connectivity index (χ1n) is 12.0. The summed E-state index contributed by atoms with van der Waals surface area (Å²) in [6, 6.07) is 19.0. The smallest absolute Gasteiger partial charge is 0.264 e. The minimum Gasteiger partial charge on any atom is -0.497 e. The van der Waals surface area contributed by atoms with Crippen LogP contribution in [0.4, 0.5) is 11.4 Å². The first-order valence-corrected chi connectivity index (χ1v) is 13.8. The van der Waals surface area contributed by atoms with Crippen LogP contribution in [-0.4, -0.2) is 66.7 Å². The predicted octanol–water partition coefficient (Wildman–Crippen LogP) is 4.54. The Balaban J connectivity index is 1.49. The lowest BCUT2D eigenvalue weighted by Crippen LogP contribution is -2.48. The van der Waals surface area contributed by atoms with Crippen LogP contribution in [0.5, 0.6) is 11.5 Å². The summed E-state index contributed by atoms with van der Waals surface area (Å²) in [5.74, 6) is 1.10. The minimum absolute atomic E-state index is 0.103. The Hall–Kier alpha value is -3.69. The first-order chi connectivity index (χ1) is 18.2. The second-order valence-electron chi connectivity index (χ2n) is 8.67. The molecule has 0 radical (unpaired) electrons. The number of amides is 1. The van der Waals surface area contributed by atoms with Crippen LogP contribution in [0.2, 0.25) is 5.02 Å². The van der Waals surface area contributed by atoms with Crippen LogP contribution in [0.15, 0.2) is 77.7 Å². The highest BCUT2D eigenvalue weighted by atomic mass is 35.5. The van der Waals surface area contributed by atoms with Gasteiger partial charge in [0.1, 0.15) is 11.5 Å². The van der Waals surface area contributed by atoms with Crippen molar-refractivity contribution < 1.29 is 22.7 Å². The second kappa shape index (κ2) is 11.8. The highest BCUT2D eigenvalue weighted by molar-refractivity contribution is 7.92. The van der Waals surface area contributed by atoms with Gasteiger partial charge >= 0.3 is 0 Å². The topological polar surface area (TPSA) is 79.4 Å². The average Bonchev–Trinajstić information content (AvgIpc) is 2.96. The molecule has 3 aromatic rings. The number of nitrogens with zero attached hydrogens (tertiary/aromatic N) is 3. The van der Waals surface area contributed by atoms with Crippen LogP contribution < -0.4 is 18.7 Å². The van der Waals surface area contributed by atoms with Crippen LogP contribution in [0.1, 0.15) is 5.56 Å². The number of methoxy groups -OCH3 is 2. The number of carbonyl (C=O) groups excluding carboxylic acids is 1. The van der Waals surface area contributed by atoms with E-state index in [4.69, 9.17) is 21.1 Å². The van der Waals surface area contributed by atoms with Gasteiger partial charge in [0.25, 0.3) is 10.0 Å². The molecule has 1 amide bonds. The lowest BCUT2D eigenvalue weighted by molar-refractivity contribution is -0.126. The SMILES string of the molecule is COc1ccc(N(C)S(=O)(=O)c2ccc(OC)c(N3CCN(C(=O)/C=C/c4ccccc4Cl)CC3)c2)cc1. The Bertz CT molecular complexity index is 1420. The maximum atomic E-state index is 13.4. The van der Waals surface area contributed by atoms with Gasteiger partial charge in [0.2, 0.25) is 5.91 Å². The first kappa shape index (κ1) is 27.3. The minimum atomic E-state index is -3.83. The number of ether oxygens (including phenoxy) is 2. The van der Waals surface area contributed by atoms with Gasteiger partial charge in [-0.2, -0.15) is 0 Å². The Morgan fingerprint density at radius 2 is 1.63 bits per heavy atom. The number of hydrogen-bond acceptors (Lipinski definition) is 6. The summed E-state index contributed by atoms with van der Waals surface area (Å²) in [4.78, 5) is 16.7. The molecule has 0 aromatic heterocycles. The van der Waals surface area contributed by atoms with Gasteiger partial charge in [0.15, 0.2) is 0 Å². The van der Waals surface area contributed by atoms with E-state index < -0.39 is 10.0 Å². The molecular weight excluding hydrogens is 526 g/mol. The van der Waals surface area contributed by atoms with Gasteiger partial charge in [-0.25, -0.2) is 8.42 Å². The Morgan fingerprint density at radius 3 is 2.26 bits per heavy atom. The molecule has 10 heteroatoms. The van der Waals surface area contributed by atoms with Gasteiger partial charge in [0.05, 0.1) is 30.5 Å². The molecule has 4 rings (SSSR count). The largest absolute Gasteiger partial charge is 0.497 e. The van der Waals surface area contributed by atoms with Crippen LogP contribution >= 0.6 is 11.6 Å². The Labute approximate surface area is 228 Å². The van der Waals surface area contributed by atoms with E-state index in [0.717, 1.165) is 5.56 Å². The summed E-state index contributed by atoms with van der Waals surface area (Å²) in [6.07, 6.45) is 3.24. The Kier molecular flexibility index (Phi) is 8.48. The van der Waals surface area contributed by atoms with Gasteiger partial charge in [-0.3, -0.25) is 9.10 Å². The molecule has 3 aromatic carbocycles. The number of piperazine rings is 1.